The van der Waals surface area contributed by atoms with Crippen LogP contribution in [0, 0.1) is 6.92 Å². The number of pyridine rings is 1. The zero-order valence-electron chi connectivity index (χ0n) is 20.0. The third kappa shape index (κ3) is 4.64. The van der Waals surface area contributed by atoms with E-state index in [0.29, 0.717) is 0 Å². The summed E-state index contributed by atoms with van der Waals surface area (Å²) in [5, 5.41) is 4.47. The lowest BCUT2D eigenvalue weighted by Crippen LogP contribution is -2.23. The van der Waals surface area contributed by atoms with Gasteiger partial charge in [0.15, 0.2) is 0 Å². The highest BCUT2D eigenvalue weighted by molar-refractivity contribution is 9.10. The number of benzene rings is 3. The molecule has 0 bridgehead atoms. The molecule has 0 saturated carbocycles. The molecule has 180 valence electrons. The minimum absolute atomic E-state index is 0.224. The minimum atomic E-state index is 0.224. The summed E-state index contributed by atoms with van der Waals surface area (Å²) in [4.78, 5) is 14.7. The molecule has 0 atom stereocenters. The number of anilines is 2. The quantitative estimate of drug-likeness (QED) is 0.267. The Labute approximate surface area is 218 Å². The molecule has 1 aromatic heterocycles. The molecule has 1 saturated heterocycles. The molecule has 0 radical (unpaired) electrons. The van der Waals surface area contributed by atoms with Crippen molar-refractivity contribution in [2.45, 2.75) is 25.8 Å². The zero-order valence-corrected chi connectivity index (χ0v) is 21.6. The Hall–Kier alpha value is -3.55. The number of aryl methyl sites for hydroxylation is 1. The van der Waals surface area contributed by atoms with Crippen LogP contribution >= 0.6 is 15.9 Å². The number of aromatic nitrogens is 3. The van der Waals surface area contributed by atoms with E-state index in [9.17, 15) is 0 Å². The third-order valence-corrected chi connectivity index (χ3v) is 7.01. The standard InChI is InChI=1S/C29H26BrN5O/c1-19-6-9-22(18-31-19)33-25-16-27-29(17-26(25)32-21-12-14-36-15-13-21)35(23-10-7-20(30)8-11-23)28-5-3-2-4-24(28)34-27/h2-11,16-18,21,33H,12-15H2,1H3. The molecular weight excluding hydrogens is 514 g/mol. The van der Waals surface area contributed by atoms with Crippen LogP contribution in [0.15, 0.2) is 88.5 Å². The van der Waals surface area contributed by atoms with Gasteiger partial charge < -0.3 is 14.6 Å². The number of halogens is 1. The van der Waals surface area contributed by atoms with Crippen molar-refractivity contribution in [1.29, 1.82) is 0 Å². The van der Waals surface area contributed by atoms with Crippen molar-refractivity contribution in [1.82, 2.24) is 14.5 Å². The van der Waals surface area contributed by atoms with E-state index in [2.05, 4.69) is 85.4 Å². The molecule has 2 aromatic carbocycles. The van der Waals surface area contributed by atoms with Crippen LogP contribution in [-0.4, -0.2) is 33.8 Å². The summed E-state index contributed by atoms with van der Waals surface area (Å²) in [6.45, 7) is 3.48. The average molecular weight is 540 g/mol. The maximum Gasteiger partial charge on any atom is 0.0900 e. The molecule has 2 aliphatic heterocycles. The molecule has 0 amide bonds. The van der Waals surface area contributed by atoms with Crippen molar-refractivity contribution in [2.75, 3.05) is 18.5 Å². The van der Waals surface area contributed by atoms with Crippen molar-refractivity contribution in [3.63, 3.8) is 0 Å². The number of hydrogen-bond donors (Lipinski definition) is 1. The molecule has 3 aliphatic rings. The lowest BCUT2D eigenvalue weighted by Gasteiger charge is -2.22. The number of nitrogens with one attached hydrogen (secondary N) is 1. The first kappa shape index (κ1) is 22.9. The van der Waals surface area contributed by atoms with Gasteiger partial charge in [0.2, 0.25) is 0 Å². The smallest absolute Gasteiger partial charge is 0.0900 e. The monoisotopic (exact) mass is 539 g/mol. The van der Waals surface area contributed by atoms with Crippen molar-refractivity contribution in [2.24, 2.45) is 4.99 Å². The highest BCUT2D eigenvalue weighted by atomic mass is 79.9. The average Bonchev–Trinajstić information content (AvgIpc) is 2.90. The molecule has 0 spiro atoms. The van der Waals surface area contributed by atoms with E-state index in [4.69, 9.17) is 14.7 Å². The summed E-state index contributed by atoms with van der Waals surface area (Å²) in [6.07, 6.45) is 3.70. The molecule has 7 heteroatoms. The summed E-state index contributed by atoms with van der Waals surface area (Å²) in [5.41, 5.74) is 7.78. The highest BCUT2D eigenvalue weighted by Crippen LogP contribution is 2.31. The number of nitrogens with zero attached hydrogens (tertiary/aromatic N) is 4. The van der Waals surface area contributed by atoms with Gasteiger partial charge in [-0.3, -0.25) is 9.98 Å². The number of hydrogen-bond acceptors (Lipinski definition) is 5. The topological polar surface area (TPSA) is 64.3 Å². The third-order valence-electron chi connectivity index (χ3n) is 6.48. The van der Waals surface area contributed by atoms with Gasteiger partial charge in [-0.15, -0.1) is 0 Å². The number of fused-ring (bicyclic) bond motifs is 2. The maximum absolute atomic E-state index is 5.58. The van der Waals surface area contributed by atoms with Crippen LogP contribution in [0.5, 0.6) is 0 Å². The largest absolute Gasteiger partial charge is 0.381 e. The first-order valence-corrected chi connectivity index (χ1v) is 13.0. The zero-order chi connectivity index (χ0) is 24.5. The van der Waals surface area contributed by atoms with E-state index in [1.165, 1.54) is 0 Å². The molecule has 6 nitrogen and oxygen atoms in total. The molecule has 1 aliphatic carbocycles. The van der Waals surface area contributed by atoms with Gasteiger partial charge in [0, 0.05) is 29.1 Å². The Morgan fingerprint density at radius 2 is 1.81 bits per heavy atom. The van der Waals surface area contributed by atoms with Gasteiger partial charge in [-0.1, -0.05) is 28.1 Å². The SMILES string of the molecule is Cc1ccc(Nc2cc3nc4ccccc4n(-c4ccc(Br)cc4)c-3cc2=NC2CCOCC2)cn1. The van der Waals surface area contributed by atoms with Crippen LogP contribution in [-0.2, 0) is 4.74 Å². The second kappa shape index (κ2) is 9.84. The van der Waals surface area contributed by atoms with E-state index in [0.717, 1.165) is 81.1 Å². The van der Waals surface area contributed by atoms with Gasteiger partial charge in [-0.05, 0) is 80.4 Å². The molecule has 1 N–H and O–H groups in total. The van der Waals surface area contributed by atoms with Crippen LogP contribution < -0.4 is 10.7 Å². The highest BCUT2D eigenvalue weighted by Gasteiger charge is 2.18. The molecule has 0 unspecified atom stereocenters. The maximum atomic E-state index is 5.58. The van der Waals surface area contributed by atoms with E-state index < -0.39 is 0 Å². The second-order valence-corrected chi connectivity index (χ2v) is 9.97. The Bertz CT molecular complexity index is 1550. The fourth-order valence-corrected chi connectivity index (χ4v) is 4.89. The van der Waals surface area contributed by atoms with Gasteiger partial charge >= 0.3 is 0 Å². The van der Waals surface area contributed by atoms with E-state index in [1.54, 1.807) is 0 Å². The van der Waals surface area contributed by atoms with Gasteiger partial charge in [0.05, 0.1) is 51.4 Å². The predicted molar refractivity (Wildman–Crippen MR) is 147 cm³/mol. The van der Waals surface area contributed by atoms with E-state index >= 15 is 0 Å². The number of para-hydroxylation sites is 2. The molecule has 3 heterocycles. The van der Waals surface area contributed by atoms with Crippen molar-refractivity contribution in [3.8, 4) is 17.1 Å². The lowest BCUT2D eigenvalue weighted by molar-refractivity contribution is 0.0864. The molecular formula is C29H26BrN5O. The van der Waals surface area contributed by atoms with Crippen LogP contribution in [0.4, 0.5) is 11.4 Å². The Morgan fingerprint density at radius 3 is 2.58 bits per heavy atom. The first-order valence-electron chi connectivity index (χ1n) is 12.2. The van der Waals surface area contributed by atoms with E-state index in [1.807, 2.05) is 31.3 Å². The number of rotatable bonds is 4. The van der Waals surface area contributed by atoms with Crippen molar-refractivity contribution in [3.05, 3.63) is 94.5 Å². The summed E-state index contributed by atoms with van der Waals surface area (Å²) in [5.74, 6) is 0. The molecule has 1 fully saturated rings. The normalized spacial score (nSPS) is 15.0. The Morgan fingerprint density at radius 1 is 1.00 bits per heavy atom. The van der Waals surface area contributed by atoms with Gasteiger partial charge in [0.1, 0.15) is 0 Å². The predicted octanol–water partition coefficient (Wildman–Crippen LogP) is 6.42. The minimum Gasteiger partial charge on any atom is -0.381 e. The Balaban J connectivity index is 1.61. The first-order chi connectivity index (χ1) is 17.6. The fourth-order valence-electron chi connectivity index (χ4n) is 4.63. The Kier molecular flexibility index (Phi) is 6.25. The summed E-state index contributed by atoms with van der Waals surface area (Å²) in [7, 11) is 0. The van der Waals surface area contributed by atoms with Gasteiger partial charge in [-0.2, -0.15) is 0 Å². The van der Waals surface area contributed by atoms with Crippen molar-refractivity contribution < 1.29 is 4.74 Å². The van der Waals surface area contributed by atoms with Crippen LogP contribution in [0.1, 0.15) is 18.5 Å². The number of ether oxygens (including phenoxy) is 1. The summed E-state index contributed by atoms with van der Waals surface area (Å²) < 4.78 is 8.89. The summed E-state index contributed by atoms with van der Waals surface area (Å²) >= 11 is 3.57. The van der Waals surface area contributed by atoms with Crippen LogP contribution in [0.25, 0.3) is 28.1 Å². The van der Waals surface area contributed by atoms with Crippen molar-refractivity contribution >= 4 is 38.3 Å². The second-order valence-electron chi connectivity index (χ2n) is 9.06. The molecule has 6 rings (SSSR count). The summed E-state index contributed by atoms with van der Waals surface area (Å²) in [6, 6.07) is 25.2. The van der Waals surface area contributed by atoms with Gasteiger partial charge in [-0.25, -0.2) is 4.98 Å². The fraction of sp³-hybridized carbons (Fsp3) is 0.207. The molecule has 3 aromatic rings. The van der Waals surface area contributed by atoms with Crippen LogP contribution in [0.2, 0.25) is 0 Å². The van der Waals surface area contributed by atoms with Crippen LogP contribution in [0.3, 0.4) is 0 Å². The van der Waals surface area contributed by atoms with Gasteiger partial charge in [0.25, 0.3) is 0 Å². The lowest BCUT2D eigenvalue weighted by atomic mass is 10.1. The van der Waals surface area contributed by atoms with E-state index in [-0.39, 0.29) is 6.04 Å². The molecule has 36 heavy (non-hydrogen) atoms.